The predicted octanol–water partition coefficient (Wildman–Crippen LogP) is 6.53. The summed E-state index contributed by atoms with van der Waals surface area (Å²) in [7, 11) is -1.48. The number of fused-ring (bicyclic) bond motifs is 3. The van der Waals surface area contributed by atoms with E-state index in [0.29, 0.717) is 46.8 Å². The zero-order chi connectivity index (χ0) is 44.4. The number of imidazole rings is 2. The SMILES string of the molecule is CC[C@H]1O[C@@H](n2cnc3c(OCCC#N)nc(C)nc32)C(F)[C@H]1O.CC[C@H]1O[C@@H](n2cnc3c(OCCC#N)nc(C)nc32)C(F)[C@H]1O[P@@]1O[C@](C)(c2ccccc2)[C@@H]2CCCN21. The molecule has 4 fully saturated rings. The summed E-state index contributed by atoms with van der Waals surface area (Å²) in [5.74, 6) is 1.39. The molecule has 0 amide bonds. The van der Waals surface area contributed by atoms with Crippen LogP contribution in [0.4, 0.5) is 8.78 Å². The van der Waals surface area contributed by atoms with Gasteiger partial charge in [0.1, 0.15) is 42.7 Å². The van der Waals surface area contributed by atoms with Crippen LogP contribution in [0.5, 0.6) is 11.8 Å². The minimum absolute atomic E-state index is 0.178. The van der Waals surface area contributed by atoms with Gasteiger partial charge in [0, 0.05) is 6.54 Å². The van der Waals surface area contributed by atoms with Crippen LogP contribution < -0.4 is 9.47 Å². The number of rotatable bonds is 13. The van der Waals surface area contributed by atoms with Crippen molar-refractivity contribution in [2.45, 2.75) is 134 Å². The third-order valence-electron chi connectivity index (χ3n) is 11.7. The van der Waals surface area contributed by atoms with Gasteiger partial charge in [0.15, 0.2) is 47.1 Å². The minimum Gasteiger partial charge on any atom is -0.475 e. The molecule has 9 rings (SSSR count). The maximum Gasteiger partial charge on any atom is 0.260 e. The quantitative estimate of drug-likeness (QED) is 0.0983. The van der Waals surface area contributed by atoms with Gasteiger partial charge in [0.05, 0.1) is 55.9 Å². The Bertz CT molecular complexity index is 2470. The fourth-order valence-corrected chi connectivity index (χ4v) is 10.7. The number of ether oxygens (including phenoxy) is 4. The second-order valence-electron chi connectivity index (χ2n) is 15.8. The first-order valence-electron chi connectivity index (χ1n) is 21.2. The Hall–Kier alpha value is -5.05. The van der Waals surface area contributed by atoms with Crippen LogP contribution in [0.3, 0.4) is 0 Å². The van der Waals surface area contributed by atoms with Crippen molar-refractivity contribution < 1.29 is 41.9 Å². The molecule has 21 heteroatoms. The number of aromatic nitrogens is 8. The molecule has 1 N–H and O–H groups in total. The summed E-state index contributed by atoms with van der Waals surface area (Å²) in [6.07, 6.45) is -1.59. The van der Waals surface area contributed by atoms with Gasteiger partial charge < -0.3 is 33.1 Å². The van der Waals surface area contributed by atoms with Gasteiger partial charge in [0.2, 0.25) is 11.8 Å². The van der Waals surface area contributed by atoms with E-state index in [9.17, 15) is 9.50 Å². The summed E-state index contributed by atoms with van der Waals surface area (Å²) < 4.78 is 72.2. The van der Waals surface area contributed by atoms with Crippen molar-refractivity contribution in [2.24, 2.45) is 0 Å². The number of hydrogen-bond acceptors (Lipinski definition) is 16. The van der Waals surface area contributed by atoms with Crippen LogP contribution in [0.15, 0.2) is 43.0 Å². The molecule has 4 aliphatic heterocycles. The largest absolute Gasteiger partial charge is 0.475 e. The summed E-state index contributed by atoms with van der Waals surface area (Å²) in [6.45, 7) is 10.5. The van der Waals surface area contributed by atoms with Gasteiger partial charge in [0.25, 0.3) is 8.53 Å². The van der Waals surface area contributed by atoms with E-state index in [1.54, 1.807) is 18.4 Å². The first-order valence-corrected chi connectivity index (χ1v) is 22.3. The summed E-state index contributed by atoms with van der Waals surface area (Å²) in [6, 6.07) is 14.4. The summed E-state index contributed by atoms with van der Waals surface area (Å²) in [5.41, 5.74) is 2.13. The number of nitrogens with zero attached hydrogens (tertiary/aromatic N) is 11. The number of aryl methyl sites for hydroxylation is 2. The number of halogens is 2. The van der Waals surface area contributed by atoms with Crippen molar-refractivity contribution in [1.29, 1.82) is 10.5 Å². The van der Waals surface area contributed by atoms with E-state index in [4.69, 9.17) is 38.5 Å². The van der Waals surface area contributed by atoms with Crippen LogP contribution >= 0.6 is 8.53 Å². The van der Waals surface area contributed by atoms with E-state index in [-0.39, 0.29) is 43.9 Å². The van der Waals surface area contributed by atoms with E-state index in [1.807, 2.05) is 44.2 Å². The average molecular weight is 890 g/mol. The first-order chi connectivity index (χ1) is 30.5. The van der Waals surface area contributed by atoms with E-state index in [1.165, 1.54) is 17.2 Å². The van der Waals surface area contributed by atoms with Gasteiger partial charge in [-0.3, -0.25) is 9.13 Å². The molecule has 0 aliphatic carbocycles. The molecule has 1 aromatic carbocycles. The highest BCUT2D eigenvalue weighted by atomic mass is 31.2. The number of aliphatic hydroxyl groups is 1. The van der Waals surface area contributed by atoms with Crippen LogP contribution in [0.2, 0.25) is 0 Å². The Labute approximate surface area is 364 Å². The van der Waals surface area contributed by atoms with E-state index >= 15 is 4.39 Å². The van der Waals surface area contributed by atoms with Crippen LogP contribution in [0.25, 0.3) is 22.3 Å². The molecule has 0 saturated carbocycles. The molecular weight excluding hydrogens is 840 g/mol. The van der Waals surface area contributed by atoms with Crippen LogP contribution in [-0.4, -0.2) is 111 Å². The number of nitriles is 2. The van der Waals surface area contributed by atoms with Crippen molar-refractivity contribution in [3.05, 3.63) is 60.2 Å². The van der Waals surface area contributed by atoms with Gasteiger partial charge in [-0.1, -0.05) is 44.2 Å². The Morgan fingerprint density at radius 1 is 0.841 bits per heavy atom. The molecular formula is C42H50F2N11O7P. The average Bonchev–Trinajstić information content (AvgIpc) is 4.15. The lowest BCUT2D eigenvalue weighted by Gasteiger charge is -2.29. The smallest absolute Gasteiger partial charge is 0.260 e. The lowest BCUT2D eigenvalue weighted by molar-refractivity contribution is -0.0238. The molecule has 8 heterocycles. The molecule has 4 saturated heterocycles. The lowest BCUT2D eigenvalue weighted by atomic mass is 9.87. The van der Waals surface area contributed by atoms with Gasteiger partial charge in [-0.25, -0.2) is 33.4 Å². The van der Waals surface area contributed by atoms with Crippen LogP contribution in [-0.2, 0) is 24.1 Å². The summed E-state index contributed by atoms with van der Waals surface area (Å²) in [4.78, 5) is 25.9. The van der Waals surface area contributed by atoms with Crippen molar-refractivity contribution >= 4 is 30.9 Å². The molecule has 18 nitrogen and oxygen atoms in total. The monoisotopic (exact) mass is 889 g/mol. The zero-order valence-electron chi connectivity index (χ0n) is 35.6. The number of benzene rings is 1. The molecule has 0 spiro atoms. The molecule has 5 aromatic rings. The number of hydrogen-bond donors (Lipinski definition) is 1. The highest BCUT2D eigenvalue weighted by Crippen LogP contribution is 2.64. The number of alkyl halides is 2. The van der Waals surface area contributed by atoms with Gasteiger partial charge in [-0.15, -0.1) is 0 Å². The van der Waals surface area contributed by atoms with Gasteiger partial charge >= 0.3 is 0 Å². The normalized spacial score (nSPS) is 30.3. The van der Waals surface area contributed by atoms with Crippen molar-refractivity contribution in [3.63, 3.8) is 0 Å². The second-order valence-corrected chi connectivity index (χ2v) is 17.2. The zero-order valence-corrected chi connectivity index (χ0v) is 36.5. The van der Waals surface area contributed by atoms with E-state index < -0.39 is 63.3 Å². The first kappa shape index (κ1) is 44.6. The second kappa shape index (κ2) is 19.0. The third-order valence-corrected chi connectivity index (χ3v) is 13.6. The van der Waals surface area contributed by atoms with Crippen molar-refractivity contribution in [2.75, 3.05) is 19.8 Å². The number of aliphatic hydroxyl groups excluding tert-OH is 1. The molecule has 2 unspecified atom stereocenters. The third kappa shape index (κ3) is 8.53. The highest BCUT2D eigenvalue weighted by molar-refractivity contribution is 7.45. The van der Waals surface area contributed by atoms with Crippen LogP contribution in [0.1, 0.15) is 89.0 Å². The fourth-order valence-electron chi connectivity index (χ4n) is 8.57. The highest BCUT2D eigenvalue weighted by Gasteiger charge is 2.58. The standard InChI is InChI=1S/C27H32FN6O4P.C15H18FN5O3/c1-4-19-23(37-39-34-14-8-12-20(34)27(3,38-39)18-10-6-5-7-11-18)21(28)26(36-19)33-16-30-22-24(33)31-17(2)32-25(22)35-15-9-13-29;1-3-9-12(22)10(16)15(24-9)21-7-18-11-13(21)19-8(2)20-14(11)23-6-4-5-17/h5-7,10-11,16,19-21,23,26H,4,8-9,12,14-15H2,1-3H3;7,9-10,12,15,22H,3-4,6H2,1-2H3/t19-,20+,21?,23+,26-,27-,39+;9-,10?,12+,15-/m11/s1. The maximum absolute atomic E-state index is 16.3. The molecule has 4 aromatic heterocycles. The molecule has 63 heavy (non-hydrogen) atoms. The Morgan fingerprint density at radius 3 is 1.94 bits per heavy atom. The Balaban J connectivity index is 0.000000194. The predicted molar refractivity (Wildman–Crippen MR) is 222 cm³/mol. The molecule has 11 atom stereocenters. The fraction of sp³-hybridized carbons (Fsp3) is 0.571. The molecule has 4 aliphatic rings. The Morgan fingerprint density at radius 2 is 1.40 bits per heavy atom. The topological polar surface area (TPSA) is 214 Å². The lowest BCUT2D eigenvalue weighted by Crippen LogP contribution is -2.36. The minimum atomic E-state index is -1.58. The summed E-state index contributed by atoms with van der Waals surface area (Å²) in [5, 5.41) is 27.4. The molecule has 0 radical (unpaired) electrons. The summed E-state index contributed by atoms with van der Waals surface area (Å²) >= 11 is 0. The van der Waals surface area contributed by atoms with Gasteiger partial charge in [-0.05, 0) is 52.0 Å². The van der Waals surface area contributed by atoms with E-state index in [0.717, 1.165) is 24.9 Å². The van der Waals surface area contributed by atoms with Gasteiger partial charge in [-0.2, -0.15) is 20.5 Å². The maximum atomic E-state index is 16.3. The van der Waals surface area contributed by atoms with E-state index in [2.05, 4.69) is 53.6 Å². The molecule has 334 valence electrons. The van der Waals surface area contributed by atoms with Crippen molar-refractivity contribution in [1.82, 2.24) is 43.7 Å². The molecule has 0 bridgehead atoms. The Kier molecular flexibility index (Phi) is 13.4. The van der Waals surface area contributed by atoms with Crippen LogP contribution in [0, 0.1) is 36.5 Å². The van der Waals surface area contributed by atoms with Crippen molar-refractivity contribution in [3.8, 4) is 23.9 Å².